The van der Waals surface area contributed by atoms with Crippen molar-refractivity contribution in [3.05, 3.63) is 35.6 Å². The number of nitrogens with two attached hydrogens (primary N) is 1. The first-order valence-corrected chi connectivity index (χ1v) is 6.65. The van der Waals surface area contributed by atoms with Crippen molar-refractivity contribution in [1.29, 1.82) is 0 Å². The second-order valence-electron chi connectivity index (χ2n) is 4.88. The Morgan fingerprint density at radius 2 is 2.16 bits per heavy atom. The summed E-state index contributed by atoms with van der Waals surface area (Å²) in [5.41, 5.74) is 6.26. The minimum atomic E-state index is -0.256. The molecule has 2 rings (SSSR count). The van der Waals surface area contributed by atoms with Gasteiger partial charge in [0.25, 0.3) is 0 Å². The van der Waals surface area contributed by atoms with Crippen LogP contribution < -0.4 is 11.1 Å². The molecule has 1 aliphatic heterocycles. The van der Waals surface area contributed by atoms with Crippen LogP contribution in [0.5, 0.6) is 0 Å². The molecule has 1 heterocycles. The summed E-state index contributed by atoms with van der Waals surface area (Å²) in [6.45, 7) is 3.56. The minimum Gasteiger partial charge on any atom is -0.370 e. The molecule has 1 fully saturated rings. The number of nitrogens with one attached hydrogen (secondary N) is 1. The van der Waals surface area contributed by atoms with Crippen LogP contribution in [0.4, 0.5) is 4.39 Å². The van der Waals surface area contributed by atoms with Gasteiger partial charge in [-0.3, -0.25) is 9.69 Å². The largest absolute Gasteiger partial charge is 0.370 e. The van der Waals surface area contributed by atoms with Crippen molar-refractivity contribution in [3.63, 3.8) is 0 Å². The molecule has 0 saturated carbocycles. The van der Waals surface area contributed by atoms with Crippen molar-refractivity contribution in [2.24, 2.45) is 5.73 Å². The molecule has 4 nitrogen and oxygen atoms in total. The maximum absolute atomic E-state index is 13.0. The highest BCUT2D eigenvalue weighted by Crippen LogP contribution is 2.22. The highest BCUT2D eigenvalue weighted by molar-refractivity contribution is 5.73. The molecule has 0 aromatic heterocycles. The van der Waals surface area contributed by atoms with Gasteiger partial charge in [0.2, 0.25) is 5.91 Å². The molecule has 1 atom stereocenters. The molecule has 0 bridgehead atoms. The average Bonchev–Trinajstić information content (AvgIpc) is 2.40. The van der Waals surface area contributed by atoms with Crippen LogP contribution >= 0.6 is 0 Å². The summed E-state index contributed by atoms with van der Waals surface area (Å²) in [5.74, 6) is -0.471. The Balaban J connectivity index is 1.99. The maximum Gasteiger partial charge on any atom is 0.217 e. The fourth-order valence-electron chi connectivity index (χ4n) is 2.48. The SMILES string of the molecule is NC(=O)CCCN1CCNCC1c1ccc(F)cc1. The van der Waals surface area contributed by atoms with Crippen molar-refractivity contribution >= 4 is 5.91 Å². The van der Waals surface area contributed by atoms with Crippen LogP contribution in [-0.4, -0.2) is 37.0 Å². The molecule has 19 heavy (non-hydrogen) atoms. The van der Waals surface area contributed by atoms with E-state index in [1.165, 1.54) is 12.1 Å². The number of piperazine rings is 1. The third kappa shape index (κ3) is 4.01. The summed E-state index contributed by atoms with van der Waals surface area (Å²) >= 11 is 0. The van der Waals surface area contributed by atoms with Crippen molar-refractivity contribution < 1.29 is 9.18 Å². The number of halogens is 1. The third-order valence-electron chi connectivity index (χ3n) is 3.48. The summed E-state index contributed by atoms with van der Waals surface area (Å²) in [7, 11) is 0. The number of primary amides is 1. The van der Waals surface area contributed by atoms with E-state index in [1.807, 2.05) is 12.1 Å². The summed E-state index contributed by atoms with van der Waals surface area (Å²) in [6, 6.07) is 6.88. The molecule has 1 aromatic carbocycles. The molecule has 0 spiro atoms. The number of nitrogens with zero attached hydrogens (tertiary/aromatic N) is 1. The zero-order chi connectivity index (χ0) is 13.7. The monoisotopic (exact) mass is 265 g/mol. The van der Waals surface area contributed by atoms with Crippen LogP contribution in [0.1, 0.15) is 24.4 Å². The Morgan fingerprint density at radius 3 is 2.84 bits per heavy atom. The van der Waals surface area contributed by atoms with E-state index in [4.69, 9.17) is 5.73 Å². The van der Waals surface area contributed by atoms with E-state index >= 15 is 0 Å². The van der Waals surface area contributed by atoms with E-state index in [-0.39, 0.29) is 17.8 Å². The van der Waals surface area contributed by atoms with E-state index in [2.05, 4.69) is 10.2 Å². The summed E-state index contributed by atoms with van der Waals surface area (Å²) in [6.07, 6.45) is 1.19. The van der Waals surface area contributed by atoms with Crippen LogP contribution in [-0.2, 0) is 4.79 Å². The van der Waals surface area contributed by atoms with Gasteiger partial charge < -0.3 is 11.1 Å². The quantitative estimate of drug-likeness (QED) is 0.836. The number of benzene rings is 1. The summed E-state index contributed by atoms with van der Waals surface area (Å²) < 4.78 is 13.0. The Labute approximate surface area is 112 Å². The van der Waals surface area contributed by atoms with E-state index < -0.39 is 0 Å². The van der Waals surface area contributed by atoms with Crippen molar-refractivity contribution in [2.45, 2.75) is 18.9 Å². The summed E-state index contributed by atoms with van der Waals surface area (Å²) in [4.78, 5) is 13.1. The Hall–Kier alpha value is -1.46. The molecule has 0 aliphatic carbocycles. The third-order valence-corrected chi connectivity index (χ3v) is 3.48. The molecule has 1 aromatic rings. The Bertz CT molecular complexity index is 421. The molecule has 104 valence electrons. The van der Waals surface area contributed by atoms with Gasteiger partial charge in [0.05, 0.1) is 0 Å². The summed E-state index contributed by atoms with van der Waals surface area (Å²) in [5, 5.41) is 3.35. The van der Waals surface area contributed by atoms with Gasteiger partial charge in [-0.1, -0.05) is 12.1 Å². The standard InChI is InChI=1S/C14H20FN3O/c15-12-5-3-11(4-6-12)13-10-17-7-9-18(13)8-1-2-14(16)19/h3-6,13,17H,1-2,7-10H2,(H2,16,19). The van der Waals surface area contributed by atoms with E-state index in [0.29, 0.717) is 6.42 Å². The van der Waals surface area contributed by atoms with Gasteiger partial charge in [-0.25, -0.2) is 4.39 Å². The lowest BCUT2D eigenvalue weighted by atomic mass is 10.0. The zero-order valence-electron chi connectivity index (χ0n) is 10.9. The van der Waals surface area contributed by atoms with Gasteiger partial charge in [0.1, 0.15) is 5.82 Å². The smallest absolute Gasteiger partial charge is 0.217 e. The molecule has 1 aliphatic rings. The lowest BCUT2D eigenvalue weighted by molar-refractivity contribution is -0.118. The fraction of sp³-hybridized carbons (Fsp3) is 0.500. The average molecular weight is 265 g/mol. The van der Waals surface area contributed by atoms with Gasteiger partial charge in [0.15, 0.2) is 0 Å². The van der Waals surface area contributed by atoms with Crippen LogP contribution in [0, 0.1) is 5.82 Å². The highest BCUT2D eigenvalue weighted by Gasteiger charge is 2.23. The zero-order valence-corrected chi connectivity index (χ0v) is 10.9. The van der Waals surface area contributed by atoms with Gasteiger partial charge in [-0.2, -0.15) is 0 Å². The number of carbonyl (C=O) groups is 1. The van der Waals surface area contributed by atoms with Crippen LogP contribution in [0.3, 0.4) is 0 Å². The van der Waals surface area contributed by atoms with Crippen LogP contribution in [0.25, 0.3) is 0 Å². The van der Waals surface area contributed by atoms with Crippen molar-refractivity contribution in [1.82, 2.24) is 10.2 Å². The minimum absolute atomic E-state index is 0.215. The molecule has 5 heteroatoms. The van der Waals surface area contributed by atoms with Gasteiger partial charge in [-0.15, -0.1) is 0 Å². The molecular formula is C14H20FN3O. The first kappa shape index (κ1) is 14.0. The van der Waals surface area contributed by atoms with E-state index in [9.17, 15) is 9.18 Å². The predicted molar refractivity (Wildman–Crippen MR) is 72.0 cm³/mol. The van der Waals surface area contributed by atoms with Crippen LogP contribution in [0.2, 0.25) is 0 Å². The second kappa shape index (κ2) is 6.63. The first-order chi connectivity index (χ1) is 9.16. The van der Waals surface area contributed by atoms with Gasteiger partial charge in [-0.05, 0) is 30.7 Å². The molecule has 0 radical (unpaired) electrons. The first-order valence-electron chi connectivity index (χ1n) is 6.65. The number of amides is 1. The molecule has 1 saturated heterocycles. The Kier molecular flexibility index (Phi) is 4.87. The van der Waals surface area contributed by atoms with E-state index in [1.54, 1.807) is 0 Å². The molecule has 1 unspecified atom stereocenters. The molecule has 3 N–H and O–H groups in total. The maximum atomic E-state index is 13.0. The Morgan fingerprint density at radius 1 is 1.42 bits per heavy atom. The van der Waals surface area contributed by atoms with Crippen molar-refractivity contribution in [2.75, 3.05) is 26.2 Å². The molecular weight excluding hydrogens is 245 g/mol. The number of hydrogen-bond acceptors (Lipinski definition) is 3. The van der Waals surface area contributed by atoms with Gasteiger partial charge >= 0.3 is 0 Å². The lowest BCUT2D eigenvalue weighted by Gasteiger charge is -2.36. The lowest BCUT2D eigenvalue weighted by Crippen LogP contribution is -2.46. The predicted octanol–water partition coefficient (Wildman–Crippen LogP) is 1.04. The normalized spacial score (nSPS) is 20.4. The number of hydrogen-bond donors (Lipinski definition) is 2. The van der Waals surface area contributed by atoms with Crippen LogP contribution in [0.15, 0.2) is 24.3 Å². The second-order valence-corrected chi connectivity index (χ2v) is 4.88. The fourth-order valence-corrected chi connectivity index (χ4v) is 2.48. The number of carbonyl (C=O) groups excluding carboxylic acids is 1. The number of rotatable bonds is 5. The van der Waals surface area contributed by atoms with E-state index in [0.717, 1.165) is 38.2 Å². The molecule has 1 amide bonds. The van der Waals surface area contributed by atoms with Crippen molar-refractivity contribution in [3.8, 4) is 0 Å². The van der Waals surface area contributed by atoms with Gasteiger partial charge in [0, 0.05) is 32.1 Å². The highest BCUT2D eigenvalue weighted by atomic mass is 19.1. The topological polar surface area (TPSA) is 58.4 Å².